The molecule has 0 aliphatic carbocycles. The molecule has 0 saturated carbocycles. The van der Waals surface area contributed by atoms with Gasteiger partial charge in [0.05, 0.1) is 12.4 Å². The van der Waals surface area contributed by atoms with Crippen molar-refractivity contribution < 1.29 is 10.2 Å². The molecule has 5 N–H and O–H groups in total. The summed E-state index contributed by atoms with van der Waals surface area (Å²) < 4.78 is 0. The van der Waals surface area contributed by atoms with Gasteiger partial charge in [-0.3, -0.25) is 5.41 Å². The van der Waals surface area contributed by atoms with Crippen LogP contribution < -0.4 is 10.9 Å². The van der Waals surface area contributed by atoms with Gasteiger partial charge in [0, 0.05) is 0 Å². The summed E-state index contributed by atoms with van der Waals surface area (Å²) in [5.41, 5.74) is 6.29. The quantitative estimate of drug-likeness (QED) is 0.334. The van der Waals surface area contributed by atoms with Gasteiger partial charge in [0.15, 0.2) is 0 Å². The minimum absolute atomic E-state index is 0. The van der Waals surface area contributed by atoms with Crippen molar-refractivity contribution >= 4 is 30.8 Å². The van der Waals surface area contributed by atoms with Crippen LogP contribution in [0.3, 0.4) is 0 Å². The number of rotatable bonds is 4. The second-order valence-electron chi connectivity index (χ2n) is 4.30. The molecular weight excluding hydrogens is 318 g/mol. The second-order valence-corrected chi connectivity index (χ2v) is 4.30. The SMILES string of the molecule is Cl.N=C(NN=Cc1cccc(O)c1)NN=Cc1cccc(O)c1. The highest BCUT2D eigenvalue weighted by molar-refractivity contribution is 5.85. The lowest BCUT2D eigenvalue weighted by Crippen LogP contribution is -2.29. The first-order valence-corrected chi connectivity index (χ1v) is 6.38. The number of hydrogen-bond acceptors (Lipinski definition) is 5. The van der Waals surface area contributed by atoms with Crippen LogP contribution in [0.25, 0.3) is 0 Å². The number of phenols is 2. The monoisotopic (exact) mass is 333 g/mol. The maximum Gasteiger partial charge on any atom is 0.230 e. The number of phenolic OH excluding ortho intramolecular Hbond substituents is 2. The molecule has 0 heterocycles. The van der Waals surface area contributed by atoms with Gasteiger partial charge in [0.2, 0.25) is 5.96 Å². The van der Waals surface area contributed by atoms with Crippen molar-refractivity contribution in [3.8, 4) is 11.5 Å². The van der Waals surface area contributed by atoms with E-state index < -0.39 is 0 Å². The van der Waals surface area contributed by atoms with Crippen LogP contribution in [-0.2, 0) is 0 Å². The van der Waals surface area contributed by atoms with Gasteiger partial charge in [-0.05, 0) is 35.4 Å². The summed E-state index contributed by atoms with van der Waals surface area (Å²) >= 11 is 0. The zero-order valence-corrected chi connectivity index (χ0v) is 12.8. The van der Waals surface area contributed by atoms with E-state index in [0.717, 1.165) is 0 Å². The van der Waals surface area contributed by atoms with E-state index in [0.29, 0.717) is 11.1 Å². The van der Waals surface area contributed by atoms with E-state index in [9.17, 15) is 10.2 Å². The zero-order chi connectivity index (χ0) is 15.8. The van der Waals surface area contributed by atoms with Crippen molar-refractivity contribution in [1.29, 1.82) is 5.41 Å². The van der Waals surface area contributed by atoms with Gasteiger partial charge in [0.25, 0.3) is 0 Å². The molecule has 2 rings (SSSR count). The Bertz CT molecular complexity index is 659. The molecule has 0 spiro atoms. The van der Waals surface area contributed by atoms with E-state index in [-0.39, 0.29) is 29.9 Å². The van der Waals surface area contributed by atoms with Crippen LogP contribution in [0.4, 0.5) is 0 Å². The molecule has 0 fully saturated rings. The molecule has 7 nitrogen and oxygen atoms in total. The third kappa shape index (κ3) is 6.49. The molecule has 0 unspecified atom stereocenters. The molecule has 0 aliphatic heterocycles. The second kappa shape index (κ2) is 9.06. The summed E-state index contributed by atoms with van der Waals surface area (Å²) in [7, 11) is 0. The van der Waals surface area contributed by atoms with Gasteiger partial charge in [-0.1, -0.05) is 24.3 Å². The fourth-order valence-corrected chi connectivity index (χ4v) is 1.58. The fourth-order valence-electron chi connectivity index (χ4n) is 1.58. The number of hydrogen-bond donors (Lipinski definition) is 5. The number of nitrogens with zero attached hydrogens (tertiary/aromatic N) is 2. The third-order valence-electron chi connectivity index (χ3n) is 2.52. The Balaban J connectivity index is 0.00000264. The van der Waals surface area contributed by atoms with Crippen molar-refractivity contribution in [3.05, 3.63) is 59.7 Å². The predicted octanol–water partition coefficient (Wildman–Crippen LogP) is 2.00. The lowest BCUT2D eigenvalue weighted by Gasteiger charge is -2.01. The van der Waals surface area contributed by atoms with Gasteiger partial charge in [0.1, 0.15) is 11.5 Å². The Morgan fingerprint density at radius 1 is 0.870 bits per heavy atom. The molecule has 8 heteroatoms. The highest BCUT2D eigenvalue weighted by atomic mass is 35.5. The molecule has 0 radical (unpaired) electrons. The van der Waals surface area contributed by atoms with Crippen LogP contribution in [0.5, 0.6) is 11.5 Å². The number of aromatic hydroxyl groups is 2. The molecule has 23 heavy (non-hydrogen) atoms. The van der Waals surface area contributed by atoms with Gasteiger partial charge >= 0.3 is 0 Å². The summed E-state index contributed by atoms with van der Waals surface area (Å²) in [5, 5.41) is 33.8. The molecule has 2 aromatic rings. The Labute approximate surface area is 139 Å². The minimum Gasteiger partial charge on any atom is -0.508 e. The van der Waals surface area contributed by atoms with E-state index in [1.807, 2.05) is 0 Å². The van der Waals surface area contributed by atoms with Crippen molar-refractivity contribution in [2.24, 2.45) is 10.2 Å². The first-order chi connectivity index (χ1) is 10.6. The van der Waals surface area contributed by atoms with Crippen LogP contribution >= 0.6 is 12.4 Å². The average Bonchev–Trinajstić information content (AvgIpc) is 2.47. The smallest absolute Gasteiger partial charge is 0.230 e. The largest absolute Gasteiger partial charge is 0.508 e. The molecule has 0 aromatic heterocycles. The maximum atomic E-state index is 9.29. The lowest BCUT2D eigenvalue weighted by molar-refractivity contribution is 0.474. The van der Waals surface area contributed by atoms with E-state index in [2.05, 4.69) is 21.1 Å². The van der Waals surface area contributed by atoms with Crippen molar-refractivity contribution in [2.45, 2.75) is 0 Å². The highest BCUT2D eigenvalue weighted by Gasteiger charge is 1.93. The van der Waals surface area contributed by atoms with E-state index in [1.165, 1.54) is 12.4 Å². The molecule has 0 amide bonds. The van der Waals surface area contributed by atoms with Crippen molar-refractivity contribution in [2.75, 3.05) is 0 Å². The zero-order valence-electron chi connectivity index (χ0n) is 12.0. The first kappa shape index (κ1) is 18.0. The summed E-state index contributed by atoms with van der Waals surface area (Å²) in [6.45, 7) is 0. The highest BCUT2D eigenvalue weighted by Crippen LogP contribution is 2.09. The predicted molar refractivity (Wildman–Crippen MR) is 92.6 cm³/mol. The Morgan fingerprint density at radius 3 is 1.70 bits per heavy atom. The first-order valence-electron chi connectivity index (χ1n) is 6.38. The number of nitrogens with one attached hydrogen (secondary N) is 3. The summed E-state index contributed by atoms with van der Waals surface area (Å²) in [6, 6.07) is 13.1. The summed E-state index contributed by atoms with van der Waals surface area (Å²) in [5.74, 6) is 0.175. The lowest BCUT2D eigenvalue weighted by atomic mass is 10.2. The minimum atomic E-state index is -0.118. The van der Waals surface area contributed by atoms with Crippen LogP contribution in [-0.4, -0.2) is 28.6 Å². The van der Waals surface area contributed by atoms with Gasteiger partial charge in [-0.25, -0.2) is 10.9 Å². The number of guanidine groups is 1. The van der Waals surface area contributed by atoms with E-state index >= 15 is 0 Å². The van der Waals surface area contributed by atoms with Crippen LogP contribution in [0.2, 0.25) is 0 Å². The van der Waals surface area contributed by atoms with Crippen LogP contribution in [0.1, 0.15) is 11.1 Å². The molecular formula is C15H16ClN5O2. The Hall–Kier alpha value is -3.06. The Morgan fingerprint density at radius 2 is 1.30 bits per heavy atom. The van der Waals surface area contributed by atoms with Crippen LogP contribution in [0, 0.1) is 5.41 Å². The van der Waals surface area contributed by atoms with E-state index in [1.54, 1.807) is 48.5 Å². The van der Waals surface area contributed by atoms with Gasteiger partial charge in [-0.2, -0.15) is 10.2 Å². The standard InChI is InChI=1S/C15H15N5O2.ClH/c16-15(19-17-9-11-3-1-5-13(21)7-11)20-18-10-12-4-2-6-14(22)8-12;/h1-10,21-22H,(H3,16,19,20);1H. The fraction of sp³-hybridized carbons (Fsp3) is 0. The van der Waals surface area contributed by atoms with E-state index in [4.69, 9.17) is 5.41 Å². The molecule has 120 valence electrons. The topological polar surface area (TPSA) is 113 Å². The summed E-state index contributed by atoms with van der Waals surface area (Å²) in [6.07, 6.45) is 2.93. The molecule has 0 atom stereocenters. The third-order valence-corrected chi connectivity index (χ3v) is 2.52. The number of hydrazone groups is 2. The molecule has 0 saturated heterocycles. The van der Waals surface area contributed by atoms with Crippen molar-refractivity contribution in [3.63, 3.8) is 0 Å². The van der Waals surface area contributed by atoms with Crippen molar-refractivity contribution in [1.82, 2.24) is 10.9 Å². The Kier molecular flexibility index (Phi) is 7.09. The summed E-state index contributed by atoms with van der Waals surface area (Å²) in [4.78, 5) is 0. The van der Waals surface area contributed by atoms with Gasteiger partial charge in [-0.15, -0.1) is 12.4 Å². The normalized spacial score (nSPS) is 10.4. The number of halogens is 1. The molecule has 0 aliphatic rings. The number of benzene rings is 2. The molecule has 0 bridgehead atoms. The maximum absolute atomic E-state index is 9.29. The van der Waals surface area contributed by atoms with Gasteiger partial charge < -0.3 is 10.2 Å². The average molecular weight is 334 g/mol. The molecule has 2 aromatic carbocycles. The van der Waals surface area contributed by atoms with Crippen LogP contribution in [0.15, 0.2) is 58.7 Å².